The van der Waals surface area contributed by atoms with Crippen LogP contribution in [0, 0.1) is 5.41 Å². The molecule has 2 saturated heterocycles. The Balaban J connectivity index is 1.85. The molecule has 0 aromatic carbocycles. The second-order valence-corrected chi connectivity index (χ2v) is 11.3. The van der Waals surface area contributed by atoms with Crippen LogP contribution in [0.5, 0.6) is 0 Å². The molecule has 0 aliphatic carbocycles. The van der Waals surface area contributed by atoms with Gasteiger partial charge in [-0.2, -0.15) is 0 Å². The Morgan fingerprint density at radius 1 is 0.806 bits per heavy atom. The summed E-state index contributed by atoms with van der Waals surface area (Å²) in [5, 5.41) is 0. The molecule has 2 rings (SSSR count). The van der Waals surface area contributed by atoms with Crippen molar-refractivity contribution in [3.63, 3.8) is 0 Å². The molecule has 2 aliphatic rings. The second kappa shape index (κ2) is 10.5. The number of imide groups is 1. The summed E-state index contributed by atoms with van der Waals surface area (Å²) in [5.41, 5.74) is -1.55. The molecule has 0 radical (unpaired) electrons. The van der Waals surface area contributed by atoms with Gasteiger partial charge in [-0.3, -0.25) is 19.3 Å². The molecule has 0 atom stereocenters. The zero-order valence-electron chi connectivity index (χ0n) is 21.0. The fraction of sp³-hybridized carbons (Fsp3) is 0.885. The third-order valence-electron chi connectivity index (χ3n) is 7.29. The number of carbonyl (C=O) groups is 3. The lowest BCUT2D eigenvalue weighted by atomic mass is 9.63. The Hall–Kier alpha value is -1.39. The molecule has 178 valence electrons. The van der Waals surface area contributed by atoms with Gasteiger partial charge in [0.05, 0.1) is 5.41 Å². The van der Waals surface area contributed by atoms with Crippen molar-refractivity contribution >= 4 is 17.7 Å². The molecular weight excluding hydrogens is 388 g/mol. The zero-order valence-corrected chi connectivity index (χ0v) is 21.0. The van der Waals surface area contributed by atoms with Crippen LogP contribution in [0.4, 0.5) is 0 Å². The zero-order chi connectivity index (χ0) is 23.3. The molecule has 2 fully saturated rings. The summed E-state index contributed by atoms with van der Waals surface area (Å²) < 4.78 is 0. The van der Waals surface area contributed by atoms with Crippen molar-refractivity contribution in [3.8, 4) is 0 Å². The summed E-state index contributed by atoms with van der Waals surface area (Å²) in [7, 11) is 0. The van der Waals surface area contributed by atoms with Crippen LogP contribution in [0.3, 0.4) is 0 Å². The summed E-state index contributed by atoms with van der Waals surface area (Å²) in [4.78, 5) is 42.0. The van der Waals surface area contributed by atoms with Crippen LogP contribution in [-0.2, 0) is 14.4 Å². The van der Waals surface area contributed by atoms with E-state index in [1.807, 2.05) is 32.6 Å². The van der Waals surface area contributed by atoms with E-state index in [2.05, 4.69) is 6.92 Å². The second-order valence-electron chi connectivity index (χ2n) is 11.3. The van der Waals surface area contributed by atoms with Gasteiger partial charge < -0.3 is 4.90 Å². The number of rotatable bonds is 11. The molecule has 0 saturated carbocycles. The molecule has 0 bridgehead atoms. The molecule has 0 unspecified atom stereocenters. The highest BCUT2D eigenvalue weighted by Gasteiger charge is 2.61. The number of piperidine rings is 1. The van der Waals surface area contributed by atoms with Gasteiger partial charge in [0.15, 0.2) is 0 Å². The predicted octanol–water partition coefficient (Wildman–Crippen LogP) is 5.85. The molecule has 2 heterocycles. The fourth-order valence-electron chi connectivity index (χ4n) is 6.67. The maximum atomic E-state index is 13.4. The SMILES string of the molecule is CCCCCCCCCCCCN1C(=O)CC2(CC(C)(C)N(C(C)=O)C(C)(C)C2)C1=O. The van der Waals surface area contributed by atoms with Crippen molar-refractivity contribution in [1.82, 2.24) is 9.80 Å². The van der Waals surface area contributed by atoms with Gasteiger partial charge in [0, 0.05) is 31.0 Å². The lowest BCUT2D eigenvalue weighted by Crippen LogP contribution is -2.65. The Morgan fingerprint density at radius 3 is 1.71 bits per heavy atom. The maximum Gasteiger partial charge on any atom is 0.236 e. The van der Waals surface area contributed by atoms with E-state index in [0.29, 0.717) is 25.8 Å². The number of nitrogens with zero attached hydrogens (tertiary/aromatic N) is 2. The van der Waals surface area contributed by atoms with Crippen LogP contribution in [0.25, 0.3) is 0 Å². The molecule has 0 aromatic rings. The van der Waals surface area contributed by atoms with Gasteiger partial charge in [-0.1, -0.05) is 64.7 Å². The minimum Gasteiger partial charge on any atom is -0.333 e. The Morgan fingerprint density at radius 2 is 1.26 bits per heavy atom. The van der Waals surface area contributed by atoms with Crippen LogP contribution >= 0.6 is 0 Å². The molecule has 3 amide bonds. The van der Waals surface area contributed by atoms with Gasteiger partial charge in [-0.25, -0.2) is 0 Å². The van der Waals surface area contributed by atoms with E-state index >= 15 is 0 Å². The first kappa shape index (κ1) is 25.9. The molecule has 5 heteroatoms. The third kappa shape index (κ3) is 6.10. The Kier molecular flexibility index (Phi) is 8.75. The van der Waals surface area contributed by atoms with Crippen LogP contribution < -0.4 is 0 Å². The van der Waals surface area contributed by atoms with Crippen LogP contribution in [0.1, 0.15) is 125 Å². The highest BCUT2D eigenvalue weighted by molar-refractivity contribution is 6.06. The molecule has 0 aromatic heterocycles. The number of likely N-dealkylation sites (tertiary alicyclic amines) is 2. The van der Waals surface area contributed by atoms with Gasteiger partial charge in [0.2, 0.25) is 17.7 Å². The van der Waals surface area contributed by atoms with E-state index < -0.39 is 16.5 Å². The van der Waals surface area contributed by atoms with Crippen molar-refractivity contribution in [3.05, 3.63) is 0 Å². The summed E-state index contributed by atoms with van der Waals surface area (Å²) >= 11 is 0. The number of amides is 3. The lowest BCUT2D eigenvalue weighted by molar-refractivity contribution is -0.162. The number of unbranched alkanes of at least 4 members (excludes halogenated alkanes) is 9. The highest BCUT2D eigenvalue weighted by Crippen LogP contribution is 2.53. The predicted molar refractivity (Wildman–Crippen MR) is 126 cm³/mol. The molecule has 2 aliphatic heterocycles. The standard InChI is InChI=1S/C26H46N2O3/c1-7-8-9-10-11-12-13-14-15-16-17-27-22(30)18-26(23(27)31)19-24(3,4)28(21(2)29)25(5,6)20-26/h7-20H2,1-6H3. The molecule has 31 heavy (non-hydrogen) atoms. The third-order valence-corrected chi connectivity index (χ3v) is 7.29. The minimum atomic E-state index is -0.658. The van der Waals surface area contributed by atoms with E-state index in [0.717, 1.165) is 12.8 Å². The number of hydrogen-bond donors (Lipinski definition) is 0. The molecular formula is C26H46N2O3. The maximum absolute atomic E-state index is 13.4. The van der Waals surface area contributed by atoms with Gasteiger partial charge in [0.1, 0.15) is 0 Å². The van der Waals surface area contributed by atoms with Crippen molar-refractivity contribution in [2.75, 3.05) is 6.54 Å². The van der Waals surface area contributed by atoms with Crippen LogP contribution in [-0.4, -0.2) is 45.1 Å². The lowest BCUT2D eigenvalue weighted by Gasteiger charge is -2.57. The van der Waals surface area contributed by atoms with E-state index in [1.54, 1.807) is 6.92 Å². The van der Waals surface area contributed by atoms with E-state index in [-0.39, 0.29) is 17.7 Å². The summed E-state index contributed by atoms with van der Waals surface area (Å²) in [6.45, 7) is 12.5. The highest BCUT2D eigenvalue weighted by atomic mass is 16.2. The monoisotopic (exact) mass is 434 g/mol. The minimum absolute atomic E-state index is 0.00206. The smallest absolute Gasteiger partial charge is 0.236 e. The van der Waals surface area contributed by atoms with Crippen molar-refractivity contribution in [2.24, 2.45) is 5.41 Å². The van der Waals surface area contributed by atoms with Gasteiger partial charge in [-0.15, -0.1) is 0 Å². The van der Waals surface area contributed by atoms with E-state index in [9.17, 15) is 14.4 Å². The topological polar surface area (TPSA) is 57.7 Å². The van der Waals surface area contributed by atoms with Crippen LogP contribution in [0.15, 0.2) is 0 Å². The summed E-state index contributed by atoms with van der Waals surface area (Å²) in [5.74, 6) is 0.00502. The number of carbonyl (C=O) groups excluding carboxylic acids is 3. The summed E-state index contributed by atoms with van der Waals surface area (Å²) in [6.07, 6.45) is 13.8. The summed E-state index contributed by atoms with van der Waals surface area (Å²) in [6, 6.07) is 0. The van der Waals surface area contributed by atoms with E-state index in [1.165, 1.54) is 56.3 Å². The Labute approximate surface area is 190 Å². The van der Waals surface area contributed by atoms with E-state index in [4.69, 9.17) is 0 Å². The first-order chi connectivity index (χ1) is 14.5. The van der Waals surface area contributed by atoms with Crippen LogP contribution in [0.2, 0.25) is 0 Å². The van der Waals surface area contributed by atoms with Gasteiger partial charge in [0.25, 0.3) is 0 Å². The van der Waals surface area contributed by atoms with Crippen molar-refractivity contribution < 1.29 is 14.4 Å². The first-order valence-electron chi connectivity index (χ1n) is 12.6. The normalized spacial score (nSPS) is 21.9. The largest absolute Gasteiger partial charge is 0.333 e. The first-order valence-corrected chi connectivity index (χ1v) is 12.6. The fourth-order valence-corrected chi connectivity index (χ4v) is 6.67. The van der Waals surface area contributed by atoms with Crippen molar-refractivity contribution in [1.29, 1.82) is 0 Å². The van der Waals surface area contributed by atoms with Gasteiger partial charge in [-0.05, 0) is 47.0 Å². The molecule has 1 spiro atoms. The quantitative estimate of drug-likeness (QED) is 0.303. The molecule has 0 N–H and O–H groups in total. The average molecular weight is 435 g/mol. The van der Waals surface area contributed by atoms with Crippen molar-refractivity contribution in [2.45, 2.75) is 136 Å². The van der Waals surface area contributed by atoms with Gasteiger partial charge >= 0.3 is 0 Å². The molecule has 5 nitrogen and oxygen atoms in total. The number of hydrogen-bond acceptors (Lipinski definition) is 3. The Bertz CT molecular complexity index is 635. The average Bonchev–Trinajstić information content (AvgIpc) is 2.83.